The molecule has 0 radical (unpaired) electrons. The van der Waals surface area contributed by atoms with Crippen LogP contribution in [0.1, 0.15) is 24.8 Å². The highest BCUT2D eigenvalue weighted by Gasteiger charge is 2.33. The van der Waals surface area contributed by atoms with E-state index in [9.17, 15) is 18.0 Å². The first-order chi connectivity index (χ1) is 11.4. The fourth-order valence-electron chi connectivity index (χ4n) is 3.28. The summed E-state index contributed by atoms with van der Waals surface area (Å²) in [5, 5.41) is 0. The van der Waals surface area contributed by atoms with E-state index in [2.05, 4.69) is 0 Å². The van der Waals surface area contributed by atoms with Crippen LogP contribution in [0.4, 0.5) is 13.2 Å². The SMILES string of the molecule is O=C(COc1ccc(C(F)(F)F)cc1)N1CCC[C@@H]2OCC[C@@H]2C1. The van der Waals surface area contributed by atoms with Crippen molar-refractivity contribution in [1.82, 2.24) is 4.90 Å². The minimum absolute atomic E-state index is 0.137. The highest BCUT2D eigenvalue weighted by Crippen LogP contribution is 2.30. The van der Waals surface area contributed by atoms with Gasteiger partial charge in [0.05, 0.1) is 11.7 Å². The van der Waals surface area contributed by atoms with Crippen LogP contribution < -0.4 is 4.74 Å². The van der Waals surface area contributed by atoms with Gasteiger partial charge in [0, 0.05) is 25.6 Å². The van der Waals surface area contributed by atoms with E-state index in [0.29, 0.717) is 19.0 Å². The Labute approximate surface area is 138 Å². The van der Waals surface area contributed by atoms with Crippen LogP contribution in [0.2, 0.25) is 0 Å². The molecule has 0 N–H and O–H groups in total. The smallest absolute Gasteiger partial charge is 0.416 e. The average Bonchev–Trinajstić information content (AvgIpc) is 2.89. The van der Waals surface area contributed by atoms with E-state index in [-0.39, 0.29) is 24.4 Å². The molecule has 2 aliphatic heterocycles. The molecule has 0 bridgehead atoms. The van der Waals surface area contributed by atoms with Crippen LogP contribution in [-0.2, 0) is 15.7 Å². The van der Waals surface area contributed by atoms with Crippen LogP contribution in [0.3, 0.4) is 0 Å². The molecular formula is C17H20F3NO3. The molecule has 2 aliphatic rings. The number of hydrogen-bond donors (Lipinski definition) is 0. The average molecular weight is 343 g/mol. The zero-order valence-corrected chi connectivity index (χ0v) is 13.2. The zero-order chi connectivity index (χ0) is 17.2. The van der Waals surface area contributed by atoms with Gasteiger partial charge in [-0.1, -0.05) is 0 Å². The van der Waals surface area contributed by atoms with E-state index < -0.39 is 11.7 Å². The van der Waals surface area contributed by atoms with Crippen LogP contribution in [0.5, 0.6) is 5.75 Å². The molecule has 0 aromatic heterocycles. The number of likely N-dealkylation sites (tertiary alicyclic amines) is 1. The standard InChI is InChI=1S/C17H20F3NO3/c18-17(19,20)13-3-5-14(6-4-13)24-11-16(22)21-8-1-2-15-12(10-21)7-9-23-15/h3-6,12,15H,1-2,7-11H2/t12-,15+/m1/s1. The predicted molar refractivity (Wildman–Crippen MR) is 80.6 cm³/mol. The minimum atomic E-state index is -4.37. The lowest BCUT2D eigenvalue weighted by Gasteiger charge is -2.23. The second-order valence-corrected chi connectivity index (χ2v) is 6.25. The molecule has 0 spiro atoms. The summed E-state index contributed by atoms with van der Waals surface area (Å²) in [6, 6.07) is 4.37. The summed E-state index contributed by atoms with van der Waals surface area (Å²) in [6.07, 6.45) is -1.30. The van der Waals surface area contributed by atoms with Crippen molar-refractivity contribution in [3.05, 3.63) is 29.8 Å². The molecule has 4 nitrogen and oxygen atoms in total. The molecule has 0 aliphatic carbocycles. The first-order valence-corrected chi connectivity index (χ1v) is 8.13. The van der Waals surface area contributed by atoms with E-state index >= 15 is 0 Å². The highest BCUT2D eigenvalue weighted by molar-refractivity contribution is 5.77. The Kier molecular flexibility index (Phi) is 4.99. The summed E-state index contributed by atoms with van der Waals surface area (Å²) in [5.74, 6) is 0.498. The molecule has 132 valence electrons. The third-order valence-electron chi connectivity index (χ3n) is 4.61. The molecule has 0 saturated carbocycles. The Morgan fingerprint density at radius 2 is 2.00 bits per heavy atom. The van der Waals surface area contributed by atoms with Crippen molar-refractivity contribution in [3.63, 3.8) is 0 Å². The maximum atomic E-state index is 12.5. The lowest BCUT2D eigenvalue weighted by molar-refractivity contribution is -0.137. The van der Waals surface area contributed by atoms with Crippen LogP contribution in [0.25, 0.3) is 0 Å². The molecule has 7 heteroatoms. The number of amides is 1. The quantitative estimate of drug-likeness (QED) is 0.846. The highest BCUT2D eigenvalue weighted by atomic mass is 19.4. The van der Waals surface area contributed by atoms with Crippen LogP contribution in [0.15, 0.2) is 24.3 Å². The van der Waals surface area contributed by atoms with Crippen LogP contribution in [0, 0.1) is 5.92 Å². The van der Waals surface area contributed by atoms with Gasteiger partial charge in [-0.05, 0) is 43.5 Å². The van der Waals surface area contributed by atoms with Gasteiger partial charge in [-0.15, -0.1) is 0 Å². The number of rotatable bonds is 3. The Balaban J connectivity index is 1.53. The van der Waals surface area contributed by atoms with E-state index in [1.807, 2.05) is 0 Å². The predicted octanol–water partition coefficient (Wildman–Crippen LogP) is 3.11. The van der Waals surface area contributed by atoms with E-state index in [4.69, 9.17) is 9.47 Å². The normalized spacial score (nSPS) is 24.4. The number of carbonyl (C=O) groups is 1. The lowest BCUT2D eigenvalue weighted by Crippen LogP contribution is -2.38. The van der Waals surface area contributed by atoms with E-state index in [0.717, 1.165) is 38.0 Å². The fraction of sp³-hybridized carbons (Fsp3) is 0.588. The molecule has 1 aromatic rings. The number of nitrogens with zero attached hydrogens (tertiary/aromatic N) is 1. The summed E-state index contributed by atoms with van der Waals surface area (Å²) in [5.41, 5.74) is -0.735. The van der Waals surface area contributed by atoms with Crippen molar-refractivity contribution < 1.29 is 27.4 Å². The molecular weight excluding hydrogens is 323 g/mol. The zero-order valence-electron chi connectivity index (χ0n) is 13.2. The Morgan fingerprint density at radius 1 is 1.25 bits per heavy atom. The second kappa shape index (κ2) is 7.01. The number of alkyl halides is 3. The third-order valence-corrected chi connectivity index (χ3v) is 4.61. The van der Waals surface area contributed by atoms with Gasteiger partial charge >= 0.3 is 6.18 Å². The largest absolute Gasteiger partial charge is 0.484 e. The van der Waals surface area contributed by atoms with Gasteiger partial charge in [-0.3, -0.25) is 4.79 Å². The summed E-state index contributed by atoms with van der Waals surface area (Å²) in [4.78, 5) is 14.1. The van der Waals surface area contributed by atoms with Gasteiger partial charge < -0.3 is 14.4 Å². The van der Waals surface area contributed by atoms with Gasteiger partial charge in [-0.25, -0.2) is 0 Å². The van der Waals surface area contributed by atoms with Gasteiger partial charge in [0.1, 0.15) is 5.75 Å². The summed E-state index contributed by atoms with van der Waals surface area (Å²) in [6.45, 7) is 1.93. The topological polar surface area (TPSA) is 38.8 Å². The summed E-state index contributed by atoms with van der Waals surface area (Å²) >= 11 is 0. The molecule has 2 heterocycles. The Morgan fingerprint density at radius 3 is 2.71 bits per heavy atom. The summed E-state index contributed by atoms with van der Waals surface area (Å²) in [7, 11) is 0. The number of carbonyl (C=O) groups excluding carboxylic acids is 1. The molecule has 0 unspecified atom stereocenters. The maximum absolute atomic E-state index is 12.5. The lowest BCUT2D eigenvalue weighted by atomic mass is 9.99. The molecule has 1 amide bonds. The monoisotopic (exact) mass is 343 g/mol. The van der Waals surface area contributed by atoms with Crippen LogP contribution >= 0.6 is 0 Å². The fourth-order valence-corrected chi connectivity index (χ4v) is 3.28. The van der Waals surface area contributed by atoms with Crippen LogP contribution in [-0.4, -0.2) is 43.2 Å². The maximum Gasteiger partial charge on any atom is 0.416 e. The van der Waals surface area contributed by atoms with E-state index in [1.165, 1.54) is 12.1 Å². The van der Waals surface area contributed by atoms with E-state index in [1.54, 1.807) is 4.90 Å². The van der Waals surface area contributed by atoms with Gasteiger partial charge in [0.25, 0.3) is 5.91 Å². The van der Waals surface area contributed by atoms with Crippen molar-refractivity contribution in [1.29, 1.82) is 0 Å². The molecule has 1 aromatic carbocycles. The van der Waals surface area contributed by atoms with Crippen molar-refractivity contribution in [2.24, 2.45) is 5.92 Å². The van der Waals surface area contributed by atoms with Crippen molar-refractivity contribution in [2.45, 2.75) is 31.5 Å². The van der Waals surface area contributed by atoms with Crippen molar-refractivity contribution in [2.75, 3.05) is 26.3 Å². The van der Waals surface area contributed by atoms with Crippen molar-refractivity contribution in [3.8, 4) is 5.75 Å². The van der Waals surface area contributed by atoms with Gasteiger partial charge in [-0.2, -0.15) is 13.2 Å². The summed E-state index contributed by atoms with van der Waals surface area (Å²) < 4.78 is 48.6. The minimum Gasteiger partial charge on any atom is -0.484 e. The van der Waals surface area contributed by atoms with Gasteiger partial charge in [0.2, 0.25) is 0 Å². The molecule has 3 rings (SSSR count). The molecule has 2 fully saturated rings. The number of benzene rings is 1. The molecule has 2 atom stereocenters. The third kappa shape index (κ3) is 4.01. The number of fused-ring (bicyclic) bond motifs is 1. The first kappa shape index (κ1) is 17.1. The molecule has 2 saturated heterocycles. The van der Waals surface area contributed by atoms with Crippen molar-refractivity contribution >= 4 is 5.91 Å². The second-order valence-electron chi connectivity index (χ2n) is 6.25. The Hall–Kier alpha value is -1.76. The molecule has 24 heavy (non-hydrogen) atoms. The Bertz CT molecular complexity index is 573. The first-order valence-electron chi connectivity index (χ1n) is 8.13. The number of halogens is 3. The number of ether oxygens (including phenoxy) is 2. The number of hydrogen-bond acceptors (Lipinski definition) is 3. The van der Waals surface area contributed by atoms with Gasteiger partial charge in [0.15, 0.2) is 6.61 Å².